The highest BCUT2D eigenvalue weighted by atomic mass is 32.2. The molecule has 4 nitrogen and oxygen atoms in total. The van der Waals surface area contributed by atoms with E-state index in [-0.39, 0.29) is 11.0 Å². The average Bonchev–Trinajstić information content (AvgIpc) is 2.17. The van der Waals surface area contributed by atoms with Crippen molar-refractivity contribution in [2.75, 3.05) is 6.61 Å². The minimum atomic E-state index is -3.68. The quantitative estimate of drug-likeness (QED) is 0.849. The van der Waals surface area contributed by atoms with Crippen LogP contribution in [-0.4, -0.2) is 15.0 Å². The van der Waals surface area contributed by atoms with Gasteiger partial charge in [0.05, 0.1) is 11.0 Å². The van der Waals surface area contributed by atoms with Gasteiger partial charge >= 0.3 is 0 Å². The molecule has 0 saturated heterocycles. The van der Waals surface area contributed by atoms with Gasteiger partial charge in [-0.15, -0.1) is 0 Å². The molecule has 0 fully saturated rings. The maximum Gasteiger partial charge on any atom is 0.238 e. The van der Waals surface area contributed by atoms with Crippen molar-refractivity contribution < 1.29 is 13.2 Å². The molecule has 0 aromatic heterocycles. The zero-order valence-corrected chi connectivity index (χ0v) is 9.62. The van der Waals surface area contributed by atoms with Crippen LogP contribution in [0.2, 0.25) is 0 Å². The van der Waals surface area contributed by atoms with E-state index in [4.69, 9.17) is 9.88 Å². The Balaban J connectivity index is 3.18. The summed E-state index contributed by atoms with van der Waals surface area (Å²) in [4.78, 5) is 0.131. The number of nitrogens with two attached hydrogens (primary N) is 1. The molecule has 0 radical (unpaired) electrons. The second-order valence-electron chi connectivity index (χ2n) is 3.18. The first kappa shape index (κ1) is 12.2. The number of primary sulfonamides is 1. The van der Waals surface area contributed by atoms with Crippen molar-refractivity contribution in [1.82, 2.24) is 0 Å². The first-order valence-corrected chi connectivity index (χ1v) is 6.24. The van der Waals surface area contributed by atoms with Crippen molar-refractivity contribution in [3.8, 4) is 0 Å². The van der Waals surface area contributed by atoms with E-state index in [0.717, 1.165) is 0 Å². The highest BCUT2D eigenvalue weighted by Gasteiger charge is 2.17. The summed E-state index contributed by atoms with van der Waals surface area (Å²) in [7, 11) is -3.68. The lowest BCUT2D eigenvalue weighted by molar-refractivity contribution is 0.0744. The predicted octanol–water partition coefficient (Wildman–Crippen LogP) is 1.43. The highest BCUT2D eigenvalue weighted by Crippen LogP contribution is 2.23. The van der Waals surface area contributed by atoms with Crippen molar-refractivity contribution in [2.45, 2.75) is 24.8 Å². The molecular formula is C10H15NO3S. The summed E-state index contributed by atoms with van der Waals surface area (Å²) in [6, 6.07) is 6.60. The summed E-state index contributed by atoms with van der Waals surface area (Å²) >= 11 is 0. The Morgan fingerprint density at radius 2 is 2.00 bits per heavy atom. The zero-order chi connectivity index (χ0) is 11.5. The van der Waals surface area contributed by atoms with Gasteiger partial charge in [-0.1, -0.05) is 18.2 Å². The van der Waals surface area contributed by atoms with E-state index < -0.39 is 10.0 Å². The minimum absolute atomic E-state index is 0.131. The van der Waals surface area contributed by atoms with Crippen LogP contribution >= 0.6 is 0 Å². The lowest BCUT2D eigenvalue weighted by Gasteiger charge is -2.14. The van der Waals surface area contributed by atoms with Crippen molar-refractivity contribution in [3.05, 3.63) is 29.8 Å². The lowest BCUT2D eigenvalue weighted by Crippen LogP contribution is -2.16. The summed E-state index contributed by atoms with van der Waals surface area (Å²) in [6.07, 6.45) is -0.274. The standard InChI is InChI=1S/C10H15NO3S/c1-3-14-8(2)9-6-4-5-7-10(9)15(11,12)13/h4-8H,3H2,1-2H3,(H2,11,12,13). The molecule has 2 N–H and O–H groups in total. The molecule has 0 spiro atoms. The fraction of sp³-hybridized carbons (Fsp3) is 0.400. The van der Waals surface area contributed by atoms with Crippen LogP contribution in [0.3, 0.4) is 0 Å². The highest BCUT2D eigenvalue weighted by molar-refractivity contribution is 7.89. The molecule has 0 bridgehead atoms. The Labute approximate surface area is 90.1 Å². The molecule has 0 aliphatic rings. The molecule has 15 heavy (non-hydrogen) atoms. The monoisotopic (exact) mass is 229 g/mol. The minimum Gasteiger partial charge on any atom is -0.374 e. The van der Waals surface area contributed by atoms with Crippen molar-refractivity contribution in [1.29, 1.82) is 0 Å². The van der Waals surface area contributed by atoms with Crippen LogP contribution in [0.25, 0.3) is 0 Å². The van der Waals surface area contributed by atoms with Gasteiger partial charge in [0.1, 0.15) is 0 Å². The van der Waals surface area contributed by atoms with Gasteiger partial charge in [0, 0.05) is 12.2 Å². The summed E-state index contributed by atoms with van der Waals surface area (Å²) in [5.41, 5.74) is 0.599. The van der Waals surface area contributed by atoms with E-state index in [2.05, 4.69) is 0 Å². The Morgan fingerprint density at radius 1 is 1.40 bits per heavy atom. The van der Waals surface area contributed by atoms with E-state index in [0.29, 0.717) is 12.2 Å². The molecule has 84 valence electrons. The smallest absolute Gasteiger partial charge is 0.238 e. The van der Waals surface area contributed by atoms with Gasteiger partial charge in [0.2, 0.25) is 10.0 Å². The van der Waals surface area contributed by atoms with Gasteiger partial charge in [-0.05, 0) is 19.9 Å². The Morgan fingerprint density at radius 3 is 2.53 bits per heavy atom. The fourth-order valence-electron chi connectivity index (χ4n) is 1.42. The van der Waals surface area contributed by atoms with Crippen molar-refractivity contribution >= 4 is 10.0 Å². The van der Waals surface area contributed by atoms with Crippen LogP contribution in [-0.2, 0) is 14.8 Å². The van der Waals surface area contributed by atoms with Crippen molar-refractivity contribution in [3.63, 3.8) is 0 Å². The van der Waals surface area contributed by atoms with Gasteiger partial charge in [-0.3, -0.25) is 0 Å². The fourth-order valence-corrected chi connectivity index (χ4v) is 2.25. The summed E-state index contributed by atoms with van der Waals surface area (Å²) in [5, 5.41) is 5.11. The molecule has 5 heteroatoms. The van der Waals surface area contributed by atoms with E-state index >= 15 is 0 Å². The third-order valence-electron chi connectivity index (χ3n) is 2.08. The van der Waals surface area contributed by atoms with Gasteiger partial charge in [0.25, 0.3) is 0 Å². The van der Waals surface area contributed by atoms with Crippen LogP contribution in [0.1, 0.15) is 25.5 Å². The number of rotatable bonds is 4. The summed E-state index contributed by atoms with van der Waals surface area (Å²) < 4.78 is 27.9. The Bertz CT molecular complexity index is 428. The third-order valence-corrected chi connectivity index (χ3v) is 3.07. The molecule has 0 amide bonds. The molecule has 1 rings (SSSR count). The molecule has 0 heterocycles. The molecule has 0 aliphatic heterocycles. The van der Waals surface area contributed by atoms with E-state index in [1.54, 1.807) is 25.1 Å². The van der Waals surface area contributed by atoms with E-state index in [1.165, 1.54) is 6.07 Å². The second kappa shape index (κ2) is 4.74. The number of hydrogen-bond acceptors (Lipinski definition) is 3. The number of ether oxygens (including phenoxy) is 1. The number of sulfonamides is 1. The molecule has 0 aliphatic carbocycles. The summed E-state index contributed by atoms with van der Waals surface area (Å²) in [6.45, 7) is 4.18. The van der Waals surface area contributed by atoms with Gasteiger partial charge < -0.3 is 4.74 Å². The zero-order valence-electron chi connectivity index (χ0n) is 8.80. The first-order chi connectivity index (χ1) is 6.96. The second-order valence-corrected chi connectivity index (χ2v) is 4.71. The molecule has 1 aromatic rings. The van der Waals surface area contributed by atoms with E-state index in [1.807, 2.05) is 6.92 Å². The van der Waals surface area contributed by atoms with Crippen LogP contribution in [0.5, 0.6) is 0 Å². The molecule has 1 aromatic carbocycles. The van der Waals surface area contributed by atoms with Crippen LogP contribution in [0.4, 0.5) is 0 Å². The molecule has 0 saturated carbocycles. The van der Waals surface area contributed by atoms with Crippen LogP contribution in [0.15, 0.2) is 29.2 Å². The Kier molecular flexibility index (Phi) is 3.84. The maximum absolute atomic E-state index is 11.3. The van der Waals surface area contributed by atoms with Crippen molar-refractivity contribution in [2.24, 2.45) is 5.14 Å². The summed E-state index contributed by atoms with van der Waals surface area (Å²) in [5.74, 6) is 0. The lowest BCUT2D eigenvalue weighted by atomic mass is 10.1. The van der Waals surface area contributed by atoms with Crippen LogP contribution < -0.4 is 5.14 Å². The Hall–Kier alpha value is -0.910. The molecule has 1 atom stereocenters. The topological polar surface area (TPSA) is 69.4 Å². The maximum atomic E-state index is 11.3. The first-order valence-electron chi connectivity index (χ1n) is 4.70. The average molecular weight is 229 g/mol. The van der Waals surface area contributed by atoms with Crippen LogP contribution in [0, 0.1) is 0 Å². The van der Waals surface area contributed by atoms with Gasteiger partial charge in [-0.25, -0.2) is 13.6 Å². The number of benzene rings is 1. The van der Waals surface area contributed by atoms with Gasteiger partial charge in [0.15, 0.2) is 0 Å². The molecule has 1 unspecified atom stereocenters. The SMILES string of the molecule is CCOC(C)c1ccccc1S(N)(=O)=O. The predicted molar refractivity (Wildman–Crippen MR) is 57.9 cm³/mol. The van der Waals surface area contributed by atoms with E-state index in [9.17, 15) is 8.42 Å². The van der Waals surface area contributed by atoms with Gasteiger partial charge in [-0.2, -0.15) is 0 Å². The normalized spacial score (nSPS) is 13.8. The largest absolute Gasteiger partial charge is 0.374 e. The molecular weight excluding hydrogens is 214 g/mol. The third kappa shape index (κ3) is 3.02. The number of hydrogen-bond donors (Lipinski definition) is 1.